The molecule has 0 fully saturated rings. The Morgan fingerprint density at radius 2 is 0.424 bits per heavy atom. The zero-order valence-corrected chi connectivity index (χ0v) is 52.3. The van der Waals surface area contributed by atoms with Crippen LogP contribution in [0.3, 0.4) is 0 Å². The molecule has 0 aromatic heterocycles. The van der Waals surface area contributed by atoms with Crippen molar-refractivity contribution < 1.29 is 0 Å². The molecule has 0 bridgehead atoms. The second-order valence-corrected chi connectivity index (χ2v) is 23.0. The molecule has 1 aliphatic carbocycles. The van der Waals surface area contributed by atoms with Gasteiger partial charge in [-0.05, 0) is 184 Å². The summed E-state index contributed by atoms with van der Waals surface area (Å²) in [5.74, 6) is 0. The van der Waals surface area contributed by atoms with Gasteiger partial charge in [0.25, 0.3) is 0 Å². The van der Waals surface area contributed by atoms with Crippen molar-refractivity contribution in [2.75, 3.05) is 0 Å². The maximum absolute atomic E-state index is 2.31. The molecule has 0 atom stereocenters. The maximum atomic E-state index is 2.31. The van der Waals surface area contributed by atoms with Gasteiger partial charge in [0, 0.05) is 0 Å². The Labute approximate surface area is 510 Å². The molecule has 0 saturated carbocycles. The van der Waals surface area contributed by atoms with Crippen LogP contribution in [0.25, 0.3) is 66.8 Å². The van der Waals surface area contributed by atoms with Crippen LogP contribution in [0.15, 0.2) is 279 Å². The van der Waals surface area contributed by atoms with E-state index in [9.17, 15) is 0 Å². The molecule has 0 radical (unpaired) electrons. The average molecular weight is 1110 g/mol. The molecule has 1 aliphatic rings. The zero-order chi connectivity index (χ0) is 60.2. The van der Waals surface area contributed by atoms with Gasteiger partial charge in [-0.3, -0.25) is 0 Å². The first-order chi connectivity index (χ1) is 41.1. The summed E-state index contributed by atoms with van der Waals surface area (Å²) in [6.45, 7) is 25.6. The summed E-state index contributed by atoms with van der Waals surface area (Å²) in [5.41, 5.74) is 34.8. The number of hydrogen-bond acceptors (Lipinski definition) is 0. The molecule has 0 saturated heterocycles. The third-order valence-corrected chi connectivity index (χ3v) is 15.5. The maximum Gasteiger partial charge on any atom is -0.00133 e. The standard InChI is InChI=1S/C15H14.5C14H14/c1-10-3-5-14-12(7-10)9-13-8-11(2)4-6-15(13)14;1-11-3-7-13(8-4-11)14-9-5-12(2)6-10-14;1-11-5-3-7-13(9-11)14-8-4-6-12(2)10-14;1-11-7-3-5-9-13(11)14-10-6-4-8-12(14)2;1-11-6-8-13(9-7-11)14-5-3-4-12(2)10-14;1-11-7-9-13(10-8-11)14-6-4-3-5-12(14)2/h3-8H,9H2,1-2H3;5*3-10H,1-2H3. The van der Waals surface area contributed by atoms with Crippen LogP contribution in [0.5, 0.6) is 0 Å². The molecule has 0 nitrogen and oxygen atoms in total. The van der Waals surface area contributed by atoms with Crippen molar-refractivity contribution in [2.24, 2.45) is 0 Å². The second kappa shape index (κ2) is 30.3. The third-order valence-electron chi connectivity index (χ3n) is 15.5. The SMILES string of the molecule is Cc1ccc(-c2ccc(C)cc2)cc1.Cc1ccc(-c2cccc(C)c2)cc1.Cc1ccc(-c2ccccc2C)cc1.Cc1ccc2c(c1)Cc1cc(C)ccc1-2.Cc1cccc(-c2cccc(C)c2)c1.Cc1ccccc1-c1ccccc1C. The fourth-order valence-electron chi connectivity index (χ4n) is 10.6. The van der Waals surface area contributed by atoms with Crippen molar-refractivity contribution in [1.82, 2.24) is 0 Å². The van der Waals surface area contributed by atoms with Gasteiger partial charge in [0.05, 0.1) is 0 Å². The summed E-state index contributed by atoms with van der Waals surface area (Å²) >= 11 is 0. The number of aryl methyl sites for hydroxylation is 12. The van der Waals surface area contributed by atoms with Crippen molar-refractivity contribution in [2.45, 2.75) is 89.5 Å². The van der Waals surface area contributed by atoms with Crippen LogP contribution >= 0.6 is 0 Å². The Kier molecular flexibility index (Phi) is 22.0. The highest BCUT2D eigenvalue weighted by Gasteiger charge is 2.17. The van der Waals surface area contributed by atoms with Crippen molar-refractivity contribution in [3.63, 3.8) is 0 Å². The van der Waals surface area contributed by atoms with Gasteiger partial charge >= 0.3 is 0 Å². The fraction of sp³-hybridized carbons (Fsp3) is 0.153. The largest absolute Gasteiger partial charge is 0.0620 e. The van der Waals surface area contributed by atoms with Crippen LogP contribution in [0.1, 0.15) is 77.9 Å². The minimum Gasteiger partial charge on any atom is -0.0620 e. The molecule has 0 heteroatoms. The molecule has 0 amide bonds. The Bertz CT molecular complexity index is 3880. The summed E-state index contributed by atoms with van der Waals surface area (Å²) in [5, 5.41) is 0. The van der Waals surface area contributed by atoms with E-state index in [0.29, 0.717) is 0 Å². The van der Waals surface area contributed by atoms with E-state index in [0.717, 1.165) is 6.42 Å². The van der Waals surface area contributed by atoms with Gasteiger partial charge in [0.1, 0.15) is 0 Å². The number of rotatable bonds is 5. The summed E-state index contributed by atoms with van der Waals surface area (Å²) in [6.07, 6.45) is 1.11. The molecule has 0 heterocycles. The lowest BCUT2D eigenvalue weighted by atomic mass is 9.97. The molecule has 0 N–H and O–H groups in total. The van der Waals surface area contributed by atoms with Crippen molar-refractivity contribution >= 4 is 0 Å². The van der Waals surface area contributed by atoms with Gasteiger partial charge < -0.3 is 0 Å². The number of hydrogen-bond donors (Lipinski definition) is 0. The Hall–Kier alpha value is -9.36. The zero-order valence-electron chi connectivity index (χ0n) is 52.3. The predicted octanol–water partition coefficient (Wildman–Crippen LogP) is 23.7. The molecular formula is C85H84. The van der Waals surface area contributed by atoms with E-state index in [2.05, 4.69) is 362 Å². The van der Waals surface area contributed by atoms with E-state index < -0.39 is 0 Å². The lowest BCUT2D eigenvalue weighted by molar-refractivity contribution is 1.24. The normalized spacial score (nSPS) is 10.5. The highest BCUT2D eigenvalue weighted by molar-refractivity contribution is 5.77. The van der Waals surface area contributed by atoms with Crippen LogP contribution in [-0.2, 0) is 6.42 Å². The van der Waals surface area contributed by atoms with Gasteiger partial charge in [-0.2, -0.15) is 0 Å². The molecule has 424 valence electrons. The van der Waals surface area contributed by atoms with Gasteiger partial charge in [-0.1, -0.05) is 329 Å². The van der Waals surface area contributed by atoms with Gasteiger partial charge in [-0.15, -0.1) is 0 Å². The topological polar surface area (TPSA) is 0 Å². The van der Waals surface area contributed by atoms with Crippen molar-refractivity contribution in [3.05, 3.63) is 357 Å². The summed E-state index contributed by atoms with van der Waals surface area (Å²) in [4.78, 5) is 0. The van der Waals surface area contributed by atoms with Crippen molar-refractivity contribution in [3.8, 4) is 66.8 Å². The Balaban J connectivity index is 0.000000133. The van der Waals surface area contributed by atoms with Gasteiger partial charge in [0.15, 0.2) is 0 Å². The van der Waals surface area contributed by atoms with Crippen molar-refractivity contribution in [1.29, 1.82) is 0 Å². The molecule has 0 aliphatic heterocycles. The summed E-state index contributed by atoms with van der Waals surface area (Å²) < 4.78 is 0. The Morgan fingerprint density at radius 1 is 0.165 bits per heavy atom. The van der Waals surface area contributed by atoms with Crippen LogP contribution in [0.2, 0.25) is 0 Å². The van der Waals surface area contributed by atoms with Crippen LogP contribution in [0.4, 0.5) is 0 Å². The van der Waals surface area contributed by atoms with Crippen LogP contribution in [-0.4, -0.2) is 0 Å². The van der Waals surface area contributed by atoms with Crippen LogP contribution in [0, 0.1) is 83.1 Å². The van der Waals surface area contributed by atoms with E-state index in [1.54, 1.807) is 0 Å². The molecule has 12 aromatic carbocycles. The number of benzene rings is 12. The average Bonchev–Trinajstić information content (AvgIpc) is 3.70. The number of fused-ring (bicyclic) bond motifs is 3. The van der Waals surface area contributed by atoms with E-state index in [-0.39, 0.29) is 0 Å². The lowest BCUT2D eigenvalue weighted by Crippen LogP contribution is -1.85. The van der Waals surface area contributed by atoms with Gasteiger partial charge in [-0.25, -0.2) is 0 Å². The first-order valence-electron chi connectivity index (χ1n) is 29.9. The van der Waals surface area contributed by atoms with E-state index in [1.165, 1.54) is 145 Å². The predicted molar refractivity (Wildman–Crippen MR) is 371 cm³/mol. The highest BCUT2D eigenvalue weighted by atomic mass is 14.2. The Morgan fingerprint density at radius 3 is 0.741 bits per heavy atom. The molecule has 12 aromatic rings. The second-order valence-electron chi connectivity index (χ2n) is 23.0. The smallest absolute Gasteiger partial charge is 0.00133 e. The minimum absolute atomic E-state index is 1.11. The van der Waals surface area contributed by atoms with E-state index in [4.69, 9.17) is 0 Å². The van der Waals surface area contributed by atoms with Gasteiger partial charge in [0.2, 0.25) is 0 Å². The fourth-order valence-corrected chi connectivity index (χ4v) is 10.6. The monoisotopic (exact) mass is 1100 g/mol. The molecule has 13 rings (SSSR count). The first-order valence-corrected chi connectivity index (χ1v) is 29.9. The van der Waals surface area contributed by atoms with E-state index >= 15 is 0 Å². The lowest BCUT2D eigenvalue weighted by Gasteiger charge is -2.08. The molecular weight excluding hydrogens is 1020 g/mol. The summed E-state index contributed by atoms with van der Waals surface area (Å²) in [7, 11) is 0. The molecule has 0 unspecified atom stereocenters. The highest BCUT2D eigenvalue weighted by Crippen LogP contribution is 2.37. The van der Waals surface area contributed by atoms with Crippen LogP contribution < -0.4 is 0 Å². The quantitative estimate of drug-likeness (QED) is 0.161. The summed E-state index contributed by atoms with van der Waals surface area (Å²) in [6, 6.07) is 99.4. The van der Waals surface area contributed by atoms with E-state index in [1.807, 2.05) is 0 Å². The third kappa shape index (κ3) is 18.1. The molecule has 85 heavy (non-hydrogen) atoms. The first kappa shape index (κ1) is 61.7. The minimum atomic E-state index is 1.11. The molecule has 0 spiro atoms.